The lowest BCUT2D eigenvalue weighted by atomic mass is 10.1. The number of hydrogen-bond donors (Lipinski definition) is 2. The van der Waals surface area contributed by atoms with Crippen LogP contribution >= 0.6 is 15.9 Å². The van der Waals surface area contributed by atoms with Crippen LogP contribution in [-0.4, -0.2) is 17.0 Å². The second kappa shape index (κ2) is 6.54. The number of nitrogens with one attached hydrogen (secondary N) is 1. The molecule has 5 heteroatoms. The Morgan fingerprint density at radius 3 is 2.62 bits per heavy atom. The van der Waals surface area contributed by atoms with Crippen molar-refractivity contribution in [2.45, 2.75) is 13.3 Å². The lowest BCUT2D eigenvalue weighted by molar-refractivity contribution is -0.136. The van der Waals surface area contributed by atoms with Crippen LogP contribution in [0.2, 0.25) is 0 Å². The highest BCUT2D eigenvalue weighted by Gasteiger charge is 2.08. The van der Waals surface area contributed by atoms with Crippen LogP contribution < -0.4 is 5.32 Å². The molecule has 2 N–H and O–H groups in total. The summed E-state index contributed by atoms with van der Waals surface area (Å²) in [6, 6.07) is 12.2. The monoisotopic (exact) mass is 347 g/mol. The maximum Gasteiger partial charge on any atom is 0.307 e. The van der Waals surface area contributed by atoms with Gasteiger partial charge in [-0.3, -0.25) is 9.59 Å². The van der Waals surface area contributed by atoms with E-state index in [4.69, 9.17) is 5.11 Å². The molecule has 0 heterocycles. The third-order valence-electron chi connectivity index (χ3n) is 2.96. The SMILES string of the molecule is Cc1cc(C(=O)Nc2cccc(CC(=O)O)c2)ccc1Br. The van der Waals surface area contributed by atoms with Crippen molar-refractivity contribution < 1.29 is 14.7 Å². The van der Waals surface area contributed by atoms with Gasteiger partial charge >= 0.3 is 5.97 Å². The average molecular weight is 348 g/mol. The maximum absolute atomic E-state index is 12.2. The summed E-state index contributed by atoms with van der Waals surface area (Å²) in [7, 11) is 0. The van der Waals surface area contributed by atoms with Gasteiger partial charge in [0, 0.05) is 15.7 Å². The molecule has 0 aliphatic heterocycles. The van der Waals surface area contributed by atoms with Gasteiger partial charge in [0.25, 0.3) is 5.91 Å². The molecule has 2 aromatic carbocycles. The Balaban J connectivity index is 2.15. The van der Waals surface area contributed by atoms with Crippen LogP contribution in [0.1, 0.15) is 21.5 Å². The summed E-state index contributed by atoms with van der Waals surface area (Å²) in [6.07, 6.45) is -0.0684. The number of rotatable bonds is 4. The molecule has 0 saturated heterocycles. The predicted octanol–water partition coefficient (Wildman–Crippen LogP) is 3.64. The minimum Gasteiger partial charge on any atom is -0.481 e. The Morgan fingerprint density at radius 1 is 1.19 bits per heavy atom. The van der Waals surface area contributed by atoms with E-state index in [2.05, 4.69) is 21.2 Å². The second-order valence-corrected chi connectivity index (χ2v) is 5.54. The van der Waals surface area contributed by atoms with Gasteiger partial charge in [-0.1, -0.05) is 28.1 Å². The first-order chi connectivity index (χ1) is 9.95. The molecule has 0 unspecified atom stereocenters. The van der Waals surface area contributed by atoms with E-state index in [1.165, 1.54) is 0 Å². The Kier molecular flexibility index (Phi) is 4.75. The number of carbonyl (C=O) groups excluding carboxylic acids is 1. The standard InChI is InChI=1S/C16H14BrNO3/c1-10-7-12(5-6-14(10)17)16(21)18-13-4-2-3-11(8-13)9-15(19)20/h2-8H,9H2,1H3,(H,18,21)(H,19,20). The maximum atomic E-state index is 12.2. The number of aliphatic carboxylic acids is 1. The third-order valence-corrected chi connectivity index (χ3v) is 3.85. The Bertz CT molecular complexity index is 698. The number of benzene rings is 2. The van der Waals surface area contributed by atoms with Crippen molar-refractivity contribution in [3.05, 3.63) is 63.6 Å². The van der Waals surface area contributed by atoms with Crippen molar-refractivity contribution in [3.63, 3.8) is 0 Å². The number of carboxylic acids is 1. The molecule has 0 aliphatic rings. The number of halogens is 1. The molecule has 0 aliphatic carbocycles. The minimum atomic E-state index is -0.901. The van der Waals surface area contributed by atoms with Crippen LogP contribution in [-0.2, 0) is 11.2 Å². The fraction of sp³-hybridized carbons (Fsp3) is 0.125. The summed E-state index contributed by atoms with van der Waals surface area (Å²) in [5.74, 6) is -1.12. The minimum absolute atomic E-state index is 0.0684. The largest absolute Gasteiger partial charge is 0.481 e. The Labute approximate surface area is 130 Å². The molecule has 1 amide bonds. The van der Waals surface area contributed by atoms with Crippen molar-refractivity contribution in [1.29, 1.82) is 0 Å². The van der Waals surface area contributed by atoms with Gasteiger partial charge in [0.15, 0.2) is 0 Å². The molecule has 2 rings (SSSR count). The van der Waals surface area contributed by atoms with E-state index in [0.717, 1.165) is 10.0 Å². The molecular weight excluding hydrogens is 334 g/mol. The number of amides is 1. The van der Waals surface area contributed by atoms with Crippen molar-refractivity contribution in [3.8, 4) is 0 Å². The molecule has 21 heavy (non-hydrogen) atoms. The number of aryl methyl sites for hydroxylation is 1. The van der Waals surface area contributed by atoms with E-state index < -0.39 is 5.97 Å². The summed E-state index contributed by atoms with van der Waals surface area (Å²) < 4.78 is 0.947. The zero-order valence-corrected chi connectivity index (χ0v) is 13.0. The quantitative estimate of drug-likeness (QED) is 0.887. The molecule has 0 bridgehead atoms. The van der Waals surface area contributed by atoms with Crippen molar-refractivity contribution >= 4 is 33.5 Å². The van der Waals surface area contributed by atoms with E-state index in [9.17, 15) is 9.59 Å². The van der Waals surface area contributed by atoms with Gasteiger partial charge in [-0.25, -0.2) is 0 Å². The number of carboxylic acid groups (broad SMARTS) is 1. The van der Waals surface area contributed by atoms with Gasteiger partial charge in [0.2, 0.25) is 0 Å². The second-order valence-electron chi connectivity index (χ2n) is 4.69. The molecule has 0 spiro atoms. The third kappa shape index (κ3) is 4.16. The average Bonchev–Trinajstić information content (AvgIpc) is 2.41. The molecule has 0 radical (unpaired) electrons. The van der Waals surface area contributed by atoms with E-state index in [0.29, 0.717) is 16.8 Å². The van der Waals surface area contributed by atoms with Crippen molar-refractivity contribution in [2.24, 2.45) is 0 Å². The highest BCUT2D eigenvalue weighted by molar-refractivity contribution is 9.10. The number of hydrogen-bond acceptors (Lipinski definition) is 2. The van der Waals surface area contributed by atoms with Gasteiger partial charge < -0.3 is 10.4 Å². The van der Waals surface area contributed by atoms with E-state index in [-0.39, 0.29) is 12.3 Å². The molecule has 0 aromatic heterocycles. The molecule has 0 saturated carbocycles. The fourth-order valence-corrected chi connectivity index (χ4v) is 2.17. The molecule has 108 valence electrons. The first-order valence-corrected chi connectivity index (χ1v) is 7.13. The van der Waals surface area contributed by atoms with Crippen LogP contribution in [0.25, 0.3) is 0 Å². The van der Waals surface area contributed by atoms with Crippen LogP contribution in [0.4, 0.5) is 5.69 Å². The van der Waals surface area contributed by atoms with Gasteiger partial charge in [-0.15, -0.1) is 0 Å². The summed E-state index contributed by atoms with van der Waals surface area (Å²) in [4.78, 5) is 22.9. The molecule has 0 atom stereocenters. The van der Waals surface area contributed by atoms with E-state index in [1.807, 2.05) is 13.0 Å². The Morgan fingerprint density at radius 2 is 1.95 bits per heavy atom. The molecule has 4 nitrogen and oxygen atoms in total. The molecular formula is C16H14BrNO3. The van der Waals surface area contributed by atoms with Gasteiger partial charge in [0.1, 0.15) is 0 Å². The van der Waals surface area contributed by atoms with Gasteiger partial charge in [-0.2, -0.15) is 0 Å². The lowest BCUT2D eigenvalue weighted by Gasteiger charge is -2.08. The summed E-state index contributed by atoms with van der Waals surface area (Å²) in [5.41, 5.74) is 2.76. The van der Waals surface area contributed by atoms with Crippen LogP contribution in [0, 0.1) is 6.92 Å². The van der Waals surface area contributed by atoms with Gasteiger partial charge in [-0.05, 0) is 48.4 Å². The fourth-order valence-electron chi connectivity index (χ4n) is 1.92. The first-order valence-electron chi connectivity index (χ1n) is 6.34. The normalized spacial score (nSPS) is 10.2. The van der Waals surface area contributed by atoms with Gasteiger partial charge in [0.05, 0.1) is 6.42 Å². The number of anilines is 1. The highest BCUT2D eigenvalue weighted by Crippen LogP contribution is 2.18. The van der Waals surface area contributed by atoms with Crippen molar-refractivity contribution in [2.75, 3.05) is 5.32 Å². The lowest BCUT2D eigenvalue weighted by Crippen LogP contribution is -2.12. The summed E-state index contributed by atoms with van der Waals surface area (Å²) in [6.45, 7) is 1.91. The van der Waals surface area contributed by atoms with Crippen LogP contribution in [0.3, 0.4) is 0 Å². The number of carbonyl (C=O) groups is 2. The van der Waals surface area contributed by atoms with E-state index >= 15 is 0 Å². The highest BCUT2D eigenvalue weighted by atomic mass is 79.9. The van der Waals surface area contributed by atoms with Crippen molar-refractivity contribution in [1.82, 2.24) is 0 Å². The molecule has 0 fully saturated rings. The predicted molar refractivity (Wildman–Crippen MR) is 84.6 cm³/mol. The zero-order chi connectivity index (χ0) is 15.4. The summed E-state index contributed by atoms with van der Waals surface area (Å²) >= 11 is 3.39. The Hall–Kier alpha value is -2.14. The van der Waals surface area contributed by atoms with Crippen LogP contribution in [0.5, 0.6) is 0 Å². The summed E-state index contributed by atoms with van der Waals surface area (Å²) in [5, 5.41) is 11.6. The zero-order valence-electron chi connectivity index (χ0n) is 11.4. The smallest absolute Gasteiger partial charge is 0.307 e. The van der Waals surface area contributed by atoms with Crippen LogP contribution in [0.15, 0.2) is 46.9 Å². The van der Waals surface area contributed by atoms with E-state index in [1.54, 1.807) is 36.4 Å². The molecule has 2 aromatic rings. The topological polar surface area (TPSA) is 66.4 Å². The first kappa shape index (κ1) is 15.3.